The molecule has 0 aromatic heterocycles. The molecule has 17 heavy (non-hydrogen) atoms. The molecule has 1 aliphatic heterocycles. The molecule has 0 spiro atoms. The molecule has 1 aliphatic rings. The van der Waals surface area contributed by atoms with E-state index >= 15 is 0 Å². The molecular formula is C13H15BrO3. The van der Waals surface area contributed by atoms with Gasteiger partial charge in [0.05, 0.1) is 4.47 Å². The number of carboxylic acids is 1. The SMILES string of the molecule is CC1Cc2cc(CCCC(=O)O)cc(Br)c2O1. The Kier molecular flexibility index (Phi) is 3.72. The van der Waals surface area contributed by atoms with Gasteiger partial charge in [-0.2, -0.15) is 0 Å². The quantitative estimate of drug-likeness (QED) is 0.929. The minimum absolute atomic E-state index is 0.224. The fourth-order valence-electron chi connectivity index (χ4n) is 2.14. The molecule has 1 aromatic rings. The van der Waals surface area contributed by atoms with Crippen molar-refractivity contribution in [3.05, 3.63) is 27.7 Å². The van der Waals surface area contributed by atoms with Gasteiger partial charge in [-0.1, -0.05) is 6.07 Å². The summed E-state index contributed by atoms with van der Waals surface area (Å²) in [5.74, 6) is 0.210. The molecular weight excluding hydrogens is 284 g/mol. The first kappa shape index (κ1) is 12.4. The van der Waals surface area contributed by atoms with Crippen LogP contribution in [0.25, 0.3) is 0 Å². The van der Waals surface area contributed by atoms with E-state index in [9.17, 15) is 4.79 Å². The third-order valence-electron chi connectivity index (χ3n) is 2.86. The van der Waals surface area contributed by atoms with Gasteiger partial charge in [-0.25, -0.2) is 0 Å². The summed E-state index contributed by atoms with van der Waals surface area (Å²) < 4.78 is 6.67. The third kappa shape index (κ3) is 3.00. The van der Waals surface area contributed by atoms with Crippen LogP contribution in [0.15, 0.2) is 16.6 Å². The number of aliphatic carboxylic acids is 1. The number of hydrogen-bond acceptors (Lipinski definition) is 2. The molecule has 3 nitrogen and oxygen atoms in total. The summed E-state index contributed by atoms with van der Waals surface area (Å²) in [5.41, 5.74) is 2.40. The van der Waals surface area contributed by atoms with Crippen molar-refractivity contribution in [3.8, 4) is 5.75 Å². The number of aryl methyl sites for hydroxylation is 1. The maximum Gasteiger partial charge on any atom is 0.303 e. The van der Waals surface area contributed by atoms with Crippen LogP contribution in [0.2, 0.25) is 0 Å². The minimum atomic E-state index is -0.734. The Morgan fingerprint density at radius 1 is 1.59 bits per heavy atom. The topological polar surface area (TPSA) is 46.5 Å². The summed E-state index contributed by atoms with van der Waals surface area (Å²) in [6.45, 7) is 2.05. The van der Waals surface area contributed by atoms with Crippen LogP contribution >= 0.6 is 15.9 Å². The van der Waals surface area contributed by atoms with Crippen molar-refractivity contribution in [1.29, 1.82) is 0 Å². The summed E-state index contributed by atoms with van der Waals surface area (Å²) in [6, 6.07) is 4.16. The lowest BCUT2D eigenvalue weighted by molar-refractivity contribution is -0.137. The average Bonchev–Trinajstić information content (AvgIpc) is 2.58. The van der Waals surface area contributed by atoms with Crippen molar-refractivity contribution in [3.63, 3.8) is 0 Å². The number of fused-ring (bicyclic) bond motifs is 1. The molecule has 92 valence electrons. The van der Waals surface area contributed by atoms with Crippen LogP contribution < -0.4 is 4.74 Å². The van der Waals surface area contributed by atoms with Crippen LogP contribution in [0.5, 0.6) is 5.75 Å². The molecule has 0 amide bonds. The summed E-state index contributed by atoms with van der Waals surface area (Å²) in [7, 11) is 0. The molecule has 2 rings (SSSR count). The number of carbonyl (C=O) groups is 1. The smallest absolute Gasteiger partial charge is 0.303 e. The molecule has 1 unspecified atom stereocenters. The van der Waals surface area contributed by atoms with Gasteiger partial charge in [-0.15, -0.1) is 0 Å². The molecule has 1 heterocycles. The van der Waals surface area contributed by atoms with Crippen LogP contribution in [-0.4, -0.2) is 17.2 Å². The van der Waals surface area contributed by atoms with Crippen LogP contribution in [0, 0.1) is 0 Å². The highest BCUT2D eigenvalue weighted by Crippen LogP contribution is 2.37. The Hall–Kier alpha value is -1.03. The molecule has 0 bridgehead atoms. The van der Waals surface area contributed by atoms with Crippen molar-refractivity contribution in [2.24, 2.45) is 0 Å². The molecule has 0 fully saturated rings. The predicted molar refractivity (Wildman–Crippen MR) is 68.5 cm³/mol. The zero-order valence-electron chi connectivity index (χ0n) is 9.70. The fourth-order valence-corrected chi connectivity index (χ4v) is 2.78. The largest absolute Gasteiger partial charge is 0.489 e. The van der Waals surface area contributed by atoms with Crippen molar-refractivity contribution in [2.45, 2.75) is 38.7 Å². The Morgan fingerprint density at radius 3 is 3.06 bits per heavy atom. The van der Waals surface area contributed by atoms with Crippen molar-refractivity contribution in [2.75, 3.05) is 0 Å². The molecule has 0 aliphatic carbocycles. The Bertz CT molecular complexity index is 443. The summed E-state index contributed by atoms with van der Waals surface area (Å²) in [6.07, 6.45) is 2.86. The van der Waals surface area contributed by atoms with E-state index in [-0.39, 0.29) is 12.5 Å². The van der Waals surface area contributed by atoms with Crippen LogP contribution in [-0.2, 0) is 17.6 Å². The summed E-state index contributed by atoms with van der Waals surface area (Å²) >= 11 is 3.51. The van der Waals surface area contributed by atoms with Gasteiger partial charge in [0.25, 0.3) is 0 Å². The van der Waals surface area contributed by atoms with Gasteiger partial charge in [-0.05, 0) is 52.9 Å². The maximum atomic E-state index is 10.5. The number of halogens is 1. The second-order valence-corrected chi connectivity index (χ2v) is 5.30. The summed E-state index contributed by atoms with van der Waals surface area (Å²) in [4.78, 5) is 10.5. The second kappa shape index (κ2) is 5.08. The fraction of sp³-hybridized carbons (Fsp3) is 0.462. The Labute approximate surface area is 109 Å². The van der Waals surface area contributed by atoms with E-state index in [2.05, 4.69) is 28.9 Å². The summed E-state index contributed by atoms with van der Waals surface area (Å²) in [5, 5.41) is 8.61. The van der Waals surface area contributed by atoms with E-state index in [1.807, 2.05) is 6.07 Å². The maximum absolute atomic E-state index is 10.5. The Morgan fingerprint density at radius 2 is 2.35 bits per heavy atom. The molecule has 0 saturated heterocycles. The lowest BCUT2D eigenvalue weighted by Crippen LogP contribution is -2.05. The first-order valence-corrected chi connectivity index (χ1v) is 6.55. The highest BCUT2D eigenvalue weighted by atomic mass is 79.9. The van der Waals surface area contributed by atoms with E-state index in [0.29, 0.717) is 6.42 Å². The lowest BCUT2D eigenvalue weighted by Gasteiger charge is -2.07. The normalized spacial score (nSPS) is 17.6. The molecule has 1 atom stereocenters. The van der Waals surface area contributed by atoms with Gasteiger partial charge in [0.15, 0.2) is 0 Å². The number of ether oxygens (including phenoxy) is 1. The second-order valence-electron chi connectivity index (χ2n) is 4.45. The Balaban J connectivity index is 2.08. The highest BCUT2D eigenvalue weighted by Gasteiger charge is 2.22. The number of carboxylic acid groups (broad SMARTS) is 1. The lowest BCUT2D eigenvalue weighted by atomic mass is 10.0. The van der Waals surface area contributed by atoms with E-state index < -0.39 is 5.97 Å². The van der Waals surface area contributed by atoms with E-state index in [4.69, 9.17) is 9.84 Å². The van der Waals surface area contributed by atoms with Crippen molar-refractivity contribution < 1.29 is 14.6 Å². The molecule has 0 radical (unpaired) electrons. The van der Waals surface area contributed by atoms with Gasteiger partial charge >= 0.3 is 5.97 Å². The van der Waals surface area contributed by atoms with Gasteiger partial charge in [0.2, 0.25) is 0 Å². The number of benzene rings is 1. The monoisotopic (exact) mass is 298 g/mol. The van der Waals surface area contributed by atoms with Gasteiger partial charge < -0.3 is 9.84 Å². The van der Waals surface area contributed by atoms with Crippen LogP contribution in [0.1, 0.15) is 30.9 Å². The first-order valence-electron chi connectivity index (χ1n) is 5.76. The highest BCUT2D eigenvalue weighted by molar-refractivity contribution is 9.10. The molecule has 4 heteroatoms. The third-order valence-corrected chi connectivity index (χ3v) is 3.45. The van der Waals surface area contributed by atoms with Gasteiger partial charge in [-0.3, -0.25) is 4.79 Å². The number of hydrogen-bond donors (Lipinski definition) is 1. The van der Waals surface area contributed by atoms with Gasteiger partial charge in [0, 0.05) is 12.8 Å². The first-order chi connectivity index (χ1) is 8.06. The van der Waals surface area contributed by atoms with E-state index in [1.165, 1.54) is 11.1 Å². The molecule has 1 aromatic carbocycles. The van der Waals surface area contributed by atoms with Crippen LogP contribution in [0.4, 0.5) is 0 Å². The molecule has 1 N–H and O–H groups in total. The zero-order chi connectivity index (χ0) is 12.4. The van der Waals surface area contributed by atoms with Gasteiger partial charge in [0.1, 0.15) is 11.9 Å². The standard InChI is InChI=1S/C13H15BrO3/c1-8-5-10-6-9(3-2-4-12(15)16)7-11(14)13(10)17-8/h6-8H,2-5H2,1H3,(H,15,16). The van der Waals surface area contributed by atoms with E-state index in [1.54, 1.807) is 0 Å². The van der Waals surface area contributed by atoms with E-state index in [0.717, 1.165) is 23.1 Å². The van der Waals surface area contributed by atoms with Crippen LogP contribution in [0.3, 0.4) is 0 Å². The number of rotatable bonds is 4. The van der Waals surface area contributed by atoms with Crippen molar-refractivity contribution >= 4 is 21.9 Å². The molecule has 0 saturated carbocycles. The zero-order valence-corrected chi connectivity index (χ0v) is 11.3. The minimum Gasteiger partial charge on any atom is -0.489 e. The predicted octanol–water partition coefficient (Wildman–Crippen LogP) is 3.18. The average molecular weight is 299 g/mol. The van der Waals surface area contributed by atoms with Crippen molar-refractivity contribution in [1.82, 2.24) is 0 Å².